The van der Waals surface area contributed by atoms with Gasteiger partial charge in [-0.05, 0) is 43.1 Å². The summed E-state index contributed by atoms with van der Waals surface area (Å²) in [5.74, 6) is 0.276. The van der Waals surface area contributed by atoms with Crippen LogP contribution in [0.2, 0.25) is 0 Å². The molecule has 1 N–H and O–H groups in total. The Morgan fingerprint density at radius 2 is 1.82 bits per heavy atom. The van der Waals surface area contributed by atoms with Gasteiger partial charge in [-0.2, -0.15) is 0 Å². The molecule has 0 unspecified atom stereocenters. The van der Waals surface area contributed by atoms with Crippen LogP contribution in [0.25, 0.3) is 11.0 Å². The number of hydrogen-bond donors (Lipinski definition) is 1. The van der Waals surface area contributed by atoms with Gasteiger partial charge in [0.15, 0.2) is 0 Å². The molecule has 2 heterocycles. The molecule has 0 bridgehead atoms. The molecule has 0 atom stereocenters. The second-order valence-corrected chi connectivity index (χ2v) is 7.62. The number of rotatable bonds is 5. The van der Waals surface area contributed by atoms with E-state index in [1.165, 1.54) is 6.07 Å². The van der Waals surface area contributed by atoms with Gasteiger partial charge in [0.2, 0.25) is 5.91 Å². The maximum Gasteiger partial charge on any atom is 0.336 e. The van der Waals surface area contributed by atoms with Gasteiger partial charge in [0.1, 0.15) is 11.3 Å². The molecule has 0 radical (unpaired) electrons. The van der Waals surface area contributed by atoms with E-state index in [4.69, 9.17) is 4.42 Å². The zero-order chi connectivity index (χ0) is 20.3. The van der Waals surface area contributed by atoms with Gasteiger partial charge in [-0.3, -0.25) is 14.6 Å². The Morgan fingerprint density at radius 3 is 2.54 bits per heavy atom. The number of fused-ring (bicyclic) bond motifs is 1. The molecule has 0 spiro atoms. The SMILES string of the molecule is CCc1cc2c(CN3CCCN(CC(=O)N(C)C)CC3)cc(=O)oc2cc1O. The summed E-state index contributed by atoms with van der Waals surface area (Å²) in [5, 5.41) is 11.0. The minimum Gasteiger partial charge on any atom is -0.508 e. The van der Waals surface area contributed by atoms with E-state index in [1.54, 1.807) is 25.1 Å². The number of benzene rings is 1. The molecule has 1 aromatic carbocycles. The van der Waals surface area contributed by atoms with Crippen molar-refractivity contribution in [1.82, 2.24) is 14.7 Å². The smallest absolute Gasteiger partial charge is 0.336 e. The predicted molar refractivity (Wildman–Crippen MR) is 109 cm³/mol. The van der Waals surface area contributed by atoms with Crippen molar-refractivity contribution in [3.63, 3.8) is 0 Å². The molecule has 1 amide bonds. The Kier molecular flexibility index (Phi) is 6.36. The van der Waals surface area contributed by atoms with Gasteiger partial charge in [0.05, 0.1) is 6.54 Å². The lowest BCUT2D eigenvalue weighted by molar-refractivity contribution is -0.129. The van der Waals surface area contributed by atoms with Crippen LogP contribution in [0.1, 0.15) is 24.5 Å². The van der Waals surface area contributed by atoms with Crippen molar-refractivity contribution >= 4 is 16.9 Å². The molecule has 28 heavy (non-hydrogen) atoms. The number of aromatic hydroxyl groups is 1. The fourth-order valence-electron chi connectivity index (χ4n) is 3.64. The van der Waals surface area contributed by atoms with Gasteiger partial charge < -0.3 is 14.4 Å². The number of amides is 1. The van der Waals surface area contributed by atoms with Crippen LogP contribution in [0.15, 0.2) is 27.4 Å². The van der Waals surface area contributed by atoms with Crippen molar-refractivity contribution in [2.45, 2.75) is 26.3 Å². The zero-order valence-electron chi connectivity index (χ0n) is 16.9. The second kappa shape index (κ2) is 8.75. The van der Waals surface area contributed by atoms with Crippen LogP contribution in [0, 0.1) is 0 Å². The summed E-state index contributed by atoms with van der Waals surface area (Å²) >= 11 is 0. The van der Waals surface area contributed by atoms with E-state index in [0.29, 0.717) is 25.1 Å². The number of phenols is 1. The molecule has 7 nitrogen and oxygen atoms in total. The summed E-state index contributed by atoms with van der Waals surface area (Å²) in [6.07, 6.45) is 1.68. The molecule has 152 valence electrons. The fraction of sp³-hybridized carbons (Fsp3) is 0.524. The third-order valence-electron chi connectivity index (χ3n) is 5.34. The molecule has 3 rings (SSSR count). The quantitative estimate of drug-likeness (QED) is 0.787. The topological polar surface area (TPSA) is 77.2 Å². The van der Waals surface area contributed by atoms with Gasteiger partial charge in [0.25, 0.3) is 0 Å². The Balaban J connectivity index is 1.77. The van der Waals surface area contributed by atoms with Crippen molar-refractivity contribution in [3.8, 4) is 5.75 Å². The first-order chi connectivity index (χ1) is 13.4. The van der Waals surface area contributed by atoms with E-state index < -0.39 is 5.63 Å². The molecule has 1 aromatic heterocycles. The van der Waals surface area contributed by atoms with E-state index in [1.807, 2.05) is 13.0 Å². The summed E-state index contributed by atoms with van der Waals surface area (Å²) in [7, 11) is 3.56. The number of phenolic OH excluding ortho intramolecular Hbond substituents is 1. The third kappa shape index (κ3) is 4.72. The maximum atomic E-state index is 12.0. The van der Waals surface area contributed by atoms with Crippen molar-refractivity contribution in [2.24, 2.45) is 0 Å². The van der Waals surface area contributed by atoms with Crippen LogP contribution in [0.4, 0.5) is 0 Å². The summed E-state index contributed by atoms with van der Waals surface area (Å²) in [4.78, 5) is 30.1. The van der Waals surface area contributed by atoms with E-state index in [2.05, 4.69) is 9.80 Å². The summed E-state index contributed by atoms with van der Waals surface area (Å²) in [5.41, 5.74) is 1.77. The minimum atomic E-state index is -0.404. The van der Waals surface area contributed by atoms with Crippen molar-refractivity contribution in [3.05, 3.63) is 39.7 Å². The van der Waals surface area contributed by atoms with Crippen molar-refractivity contribution in [2.75, 3.05) is 46.8 Å². The van der Waals surface area contributed by atoms with Gasteiger partial charge in [-0.25, -0.2) is 4.79 Å². The van der Waals surface area contributed by atoms with Crippen LogP contribution in [-0.2, 0) is 17.8 Å². The van der Waals surface area contributed by atoms with Crippen LogP contribution in [0.3, 0.4) is 0 Å². The molecular formula is C21H29N3O4. The molecule has 0 aliphatic carbocycles. The highest BCUT2D eigenvalue weighted by Gasteiger charge is 2.19. The molecule has 1 saturated heterocycles. The highest BCUT2D eigenvalue weighted by molar-refractivity contribution is 5.82. The highest BCUT2D eigenvalue weighted by Crippen LogP contribution is 2.27. The Bertz CT molecular complexity index is 906. The monoisotopic (exact) mass is 387 g/mol. The average molecular weight is 387 g/mol. The van der Waals surface area contributed by atoms with Crippen LogP contribution < -0.4 is 5.63 Å². The normalized spacial score (nSPS) is 16.2. The van der Waals surface area contributed by atoms with E-state index >= 15 is 0 Å². The Labute approximate surface area is 165 Å². The van der Waals surface area contributed by atoms with E-state index in [9.17, 15) is 14.7 Å². The first-order valence-electron chi connectivity index (χ1n) is 9.81. The number of hydrogen-bond acceptors (Lipinski definition) is 6. The average Bonchev–Trinajstić information content (AvgIpc) is 2.86. The Morgan fingerprint density at radius 1 is 1.11 bits per heavy atom. The summed E-state index contributed by atoms with van der Waals surface area (Å²) < 4.78 is 5.30. The van der Waals surface area contributed by atoms with Gasteiger partial charge >= 0.3 is 5.63 Å². The number of carbonyl (C=O) groups is 1. The second-order valence-electron chi connectivity index (χ2n) is 7.62. The van der Waals surface area contributed by atoms with Crippen LogP contribution in [0.5, 0.6) is 5.75 Å². The van der Waals surface area contributed by atoms with Crippen molar-refractivity contribution in [1.29, 1.82) is 0 Å². The number of aryl methyl sites for hydroxylation is 1. The molecule has 1 fully saturated rings. The first-order valence-corrected chi connectivity index (χ1v) is 9.81. The summed E-state index contributed by atoms with van der Waals surface area (Å²) in [6, 6.07) is 5.01. The molecular weight excluding hydrogens is 358 g/mol. The maximum absolute atomic E-state index is 12.0. The highest BCUT2D eigenvalue weighted by atomic mass is 16.4. The van der Waals surface area contributed by atoms with E-state index in [-0.39, 0.29) is 11.7 Å². The number of nitrogens with zero attached hydrogens (tertiary/aromatic N) is 3. The molecule has 2 aromatic rings. The third-order valence-corrected chi connectivity index (χ3v) is 5.34. The predicted octanol–water partition coefficient (Wildman–Crippen LogP) is 1.66. The Hall–Kier alpha value is -2.38. The molecule has 1 aliphatic heterocycles. The van der Waals surface area contributed by atoms with Gasteiger partial charge in [-0.1, -0.05) is 6.92 Å². The molecule has 1 aliphatic rings. The van der Waals surface area contributed by atoms with Crippen LogP contribution >= 0.6 is 0 Å². The largest absolute Gasteiger partial charge is 0.508 e. The minimum absolute atomic E-state index is 0.118. The lowest BCUT2D eigenvalue weighted by Crippen LogP contribution is -2.38. The van der Waals surface area contributed by atoms with Crippen molar-refractivity contribution < 1.29 is 14.3 Å². The zero-order valence-corrected chi connectivity index (χ0v) is 16.9. The van der Waals surface area contributed by atoms with Gasteiger partial charge in [-0.15, -0.1) is 0 Å². The van der Waals surface area contributed by atoms with Gasteiger partial charge in [0, 0.05) is 51.2 Å². The standard InChI is InChI=1S/C21H29N3O4/c1-4-15-10-17-16(11-21(27)28-19(17)12-18(15)25)13-23-6-5-7-24(9-8-23)14-20(26)22(2)3/h10-12,25H,4-9,13-14H2,1-3H3. The van der Waals surface area contributed by atoms with Crippen LogP contribution in [-0.4, -0.2) is 72.5 Å². The summed E-state index contributed by atoms with van der Waals surface area (Å²) in [6.45, 7) is 6.53. The lowest BCUT2D eigenvalue weighted by atomic mass is 10.0. The number of likely N-dealkylation sites (N-methyl/N-ethyl adjacent to an activating group) is 1. The fourth-order valence-corrected chi connectivity index (χ4v) is 3.64. The lowest BCUT2D eigenvalue weighted by Gasteiger charge is -2.23. The first kappa shape index (κ1) is 20.4. The molecule has 7 heteroatoms. The van der Waals surface area contributed by atoms with E-state index in [0.717, 1.165) is 49.1 Å². The number of carbonyl (C=O) groups excluding carboxylic acids is 1. The molecule has 0 saturated carbocycles.